The summed E-state index contributed by atoms with van der Waals surface area (Å²) in [5.41, 5.74) is 1.95. The molecule has 0 aliphatic rings. The number of hydrogen-bond donors (Lipinski definition) is 3. The zero-order valence-corrected chi connectivity index (χ0v) is 17.6. The van der Waals surface area contributed by atoms with Gasteiger partial charge in [0.15, 0.2) is 0 Å². The maximum atomic E-state index is 13.3. The molecule has 1 amide bonds. The summed E-state index contributed by atoms with van der Waals surface area (Å²) >= 11 is 0. The first-order valence-corrected chi connectivity index (χ1v) is 10.4. The molecule has 7 nitrogen and oxygen atoms in total. The van der Waals surface area contributed by atoms with Gasteiger partial charge in [0.1, 0.15) is 11.6 Å². The van der Waals surface area contributed by atoms with Gasteiger partial charge in [0.25, 0.3) is 11.5 Å². The lowest BCUT2D eigenvalue weighted by molar-refractivity contribution is -0.139. The highest BCUT2D eigenvalue weighted by Crippen LogP contribution is 2.31. The van der Waals surface area contributed by atoms with E-state index in [1.54, 1.807) is 48.5 Å². The first kappa shape index (κ1) is 21.7. The van der Waals surface area contributed by atoms with Crippen LogP contribution in [0.15, 0.2) is 95.8 Å². The molecule has 0 saturated carbocycles. The van der Waals surface area contributed by atoms with E-state index >= 15 is 0 Å². The number of carboxylic acids is 1. The van der Waals surface area contributed by atoms with Crippen LogP contribution in [0.1, 0.15) is 15.9 Å². The van der Waals surface area contributed by atoms with Crippen molar-refractivity contribution in [2.45, 2.75) is 12.5 Å². The van der Waals surface area contributed by atoms with Gasteiger partial charge in [-0.25, -0.2) is 9.89 Å². The summed E-state index contributed by atoms with van der Waals surface area (Å²) in [5, 5.41) is 18.8. The average molecular weight is 439 g/mol. The van der Waals surface area contributed by atoms with Gasteiger partial charge in [0, 0.05) is 17.5 Å². The molecule has 0 fully saturated rings. The van der Waals surface area contributed by atoms with Crippen LogP contribution in [0.3, 0.4) is 0 Å². The van der Waals surface area contributed by atoms with Crippen LogP contribution in [0.2, 0.25) is 0 Å². The van der Waals surface area contributed by atoms with Crippen LogP contribution in [-0.2, 0) is 11.2 Å². The summed E-state index contributed by atoms with van der Waals surface area (Å²) in [5.74, 6) is -1.97. The first-order chi connectivity index (χ1) is 16.0. The zero-order chi connectivity index (χ0) is 23.2. The third kappa shape index (κ3) is 4.88. The van der Waals surface area contributed by atoms with E-state index in [-0.39, 0.29) is 12.0 Å². The number of carboxylic acid groups (broad SMARTS) is 1. The minimum atomic E-state index is -1.21. The standard InChI is InChI=1S/C26H21N3O4/c30-24(27-20(26(32)33)16-17-10-4-1-5-11-17)22-21(18-12-6-2-7-13-18)23(28-29-25(22)31)19-14-8-3-9-15-19/h1-15,20H,16H2,(H,27,30)(H,29,31)(H,32,33). The number of aliphatic carboxylic acids is 1. The van der Waals surface area contributed by atoms with E-state index in [0.717, 1.165) is 5.56 Å². The van der Waals surface area contributed by atoms with Crippen molar-refractivity contribution in [2.75, 3.05) is 0 Å². The molecular weight excluding hydrogens is 418 g/mol. The molecule has 0 bridgehead atoms. The Labute approximate surface area is 189 Å². The Kier molecular flexibility index (Phi) is 6.40. The number of H-pyrrole nitrogens is 1. The fourth-order valence-corrected chi connectivity index (χ4v) is 3.64. The number of rotatable bonds is 7. The number of hydrogen-bond acceptors (Lipinski definition) is 4. The number of aromatic amines is 1. The molecule has 1 unspecified atom stereocenters. The monoisotopic (exact) mass is 439 g/mol. The number of carbonyl (C=O) groups excluding carboxylic acids is 1. The molecule has 1 atom stereocenters. The van der Waals surface area contributed by atoms with Crippen molar-refractivity contribution in [3.05, 3.63) is 112 Å². The molecule has 0 saturated heterocycles. The smallest absolute Gasteiger partial charge is 0.326 e. The van der Waals surface area contributed by atoms with E-state index in [0.29, 0.717) is 22.4 Å². The molecule has 0 aliphatic heterocycles. The Morgan fingerprint density at radius 2 is 1.39 bits per heavy atom. The highest BCUT2D eigenvalue weighted by molar-refractivity contribution is 6.04. The molecule has 4 rings (SSSR count). The Morgan fingerprint density at radius 3 is 1.97 bits per heavy atom. The predicted molar refractivity (Wildman–Crippen MR) is 125 cm³/mol. The SMILES string of the molecule is O=C(NC(Cc1ccccc1)C(=O)O)c1c(-c2ccccc2)c(-c2ccccc2)n[nH]c1=O. The number of aromatic nitrogens is 2. The van der Waals surface area contributed by atoms with Crippen molar-refractivity contribution < 1.29 is 14.7 Å². The largest absolute Gasteiger partial charge is 0.480 e. The van der Waals surface area contributed by atoms with Crippen molar-refractivity contribution in [3.63, 3.8) is 0 Å². The fraction of sp³-hybridized carbons (Fsp3) is 0.0769. The summed E-state index contributed by atoms with van der Waals surface area (Å²) in [6.45, 7) is 0. The number of benzene rings is 3. The van der Waals surface area contributed by atoms with Gasteiger partial charge in [-0.3, -0.25) is 9.59 Å². The molecule has 3 aromatic carbocycles. The molecule has 33 heavy (non-hydrogen) atoms. The molecular formula is C26H21N3O4. The first-order valence-electron chi connectivity index (χ1n) is 10.4. The van der Waals surface area contributed by atoms with Crippen molar-refractivity contribution in [1.82, 2.24) is 15.5 Å². The van der Waals surface area contributed by atoms with Gasteiger partial charge in [-0.05, 0) is 11.1 Å². The van der Waals surface area contributed by atoms with Gasteiger partial charge < -0.3 is 10.4 Å². The second-order valence-corrected chi connectivity index (χ2v) is 7.44. The van der Waals surface area contributed by atoms with Gasteiger partial charge in [-0.1, -0.05) is 91.0 Å². The van der Waals surface area contributed by atoms with Crippen LogP contribution < -0.4 is 10.9 Å². The lowest BCUT2D eigenvalue weighted by atomic mass is 9.95. The molecule has 164 valence electrons. The van der Waals surface area contributed by atoms with Crippen LogP contribution in [0.5, 0.6) is 0 Å². The molecule has 7 heteroatoms. The molecule has 0 aliphatic carbocycles. The second kappa shape index (κ2) is 9.74. The molecule has 0 spiro atoms. The lowest BCUT2D eigenvalue weighted by Gasteiger charge is -2.17. The second-order valence-electron chi connectivity index (χ2n) is 7.44. The quantitative estimate of drug-likeness (QED) is 0.408. The molecule has 0 radical (unpaired) electrons. The molecule has 1 heterocycles. The van der Waals surface area contributed by atoms with Gasteiger partial charge in [-0.15, -0.1) is 0 Å². The van der Waals surface area contributed by atoms with E-state index in [9.17, 15) is 19.5 Å². The highest BCUT2D eigenvalue weighted by atomic mass is 16.4. The number of nitrogens with one attached hydrogen (secondary N) is 2. The van der Waals surface area contributed by atoms with Crippen LogP contribution in [-0.4, -0.2) is 33.2 Å². The molecule has 4 aromatic rings. The average Bonchev–Trinajstić information content (AvgIpc) is 2.85. The minimum Gasteiger partial charge on any atom is -0.480 e. The Hall–Kier alpha value is -4.52. The normalized spacial score (nSPS) is 11.5. The molecule has 1 aromatic heterocycles. The van der Waals surface area contributed by atoms with Gasteiger partial charge >= 0.3 is 5.97 Å². The van der Waals surface area contributed by atoms with Gasteiger partial charge in [-0.2, -0.15) is 5.10 Å². The summed E-state index contributed by atoms with van der Waals surface area (Å²) in [7, 11) is 0. The van der Waals surface area contributed by atoms with E-state index in [1.165, 1.54) is 0 Å². The zero-order valence-electron chi connectivity index (χ0n) is 17.6. The maximum absolute atomic E-state index is 13.3. The molecule has 3 N–H and O–H groups in total. The van der Waals surface area contributed by atoms with Crippen LogP contribution >= 0.6 is 0 Å². The van der Waals surface area contributed by atoms with Crippen molar-refractivity contribution in [3.8, 4) is 22.4 Å². The number of carbonyl (C=O) groups is 2. The predicted octanol–water partition coefficient (Wildman–Crippen LogP) is 3.53. The number of nitrogens with zero attached hydrogens (tertiary/aromatic N) is 1. The summed E-state index contributed by atoms with van der Waals surface area (Å²) in [4.78, 5) is 38.0. The van der Waals surface area contributed by atoms with Crippen molar-refractivity contribution in [1.29, 1.82) is 0 Å². The Bertz CT molecular complexity index is 1320. The van der Waals surface area contributed by atoms with Crippen LogP contribution in [0.25, 0.3) is 22.4 Å². The highest BCUT2D eigenvalue weighted by Gasteiger charge is 2.27. The van der Waals surface area contributed by atoms with E-state index < -0.39 is 23.5 Å². The minimum absolute atomic E-state index is 0.0805. The van der Waals surface area contributed by atoms with E-state index in [1.807, 2.05) is 42.5 Å². The summed E-state index contributed by atoms with van der Waals surface area (Å²) < 4.78 is 0. The van der Waals surface area contributed by atoms with Gasteiger partial charge in [0.05, 0.1) is 5.69 Å². The fourth-order valence-electron chi connectivity index (χ4n) is 3.64. The lowest BCUT2D eigenvalue weighted by Crippen LogP contribution is -2.44. The third-order valence-electron chi connectivity index (χ3n) is 5.21. The van der Waals surface area contributed by atoms with E-state index in [2.05, 4.69) is 15.5 Å². The third-order valence-corrected chi connectivity index (χ3v) is 5.21. The Balaban J connectivity index is 1.80. The van der Waals surface area contributed by atoms with Crippen LogP contribution in [0.4, 0.5) is 0 Å². The van der Waals surface area contributed by atoms with Crippen molar-refractivity contribution >= 4 is 11.9 Å². The Morgan fingerprint density at radius 1 is 0.848 bits per heavy atom. The van der Waals surface area contributed by atoms with Crippen molar-refractivity contribution in [2.24, 2.45) is 0 Å². The van der Waals surface area contributed by atoms with Crippen LogP contribution in [0, 0.1) is 0 Å². The van der Waals surface area contributed by atoms with E-state index in [4.69, 9.17) is 0 Å². The topological polar surface area (TPSA) is 112 Å². The summed E-state index contributed by atoms with van der Waals surface area (Å²) in [6.07, 6.45) is 0.0805. The van der Waals surface area contributed by atoms with Gasteiger partial charge in [0.2, 0.25) is 0 Å². The number of amides is 1. The summed E-state index contributed by atoms with van der Waals surface area (Å²) in [6, 6.07) is 25.9. The maximum Gasteiger partial charge on any atom is 0.326 e.